The van der Waals surface area contributed by atoms with E-state index in [2.05, 4.69) is 114 Å². The third-order valence-corrected chi connectivity index (χ3v) is 5.66. The smallest absolute Gasteiger partial charge is 0.0632 e. The first kappa shape index (κ1) is 25.8. The van der Waals surface area contributed by atoms with Gasteiger partial charge in [-0.25, -0.2) is 0 Å². The summed E-state index contributed by atoms with van der Waals surface area (Å²) in [6.45, 7) is 15.5. The molecule has 31 heavy (non-hydrogen) atoms. The van der Waals surface area contributed by atoms with Gasteiger partial charge in [0.25, 0.3) is 0 Å². The average molecular weight is 504 g/mol. The van der Waals surface area contributed by atoms with E-state index in [-0.39, 0.29) is 5.43 Å². The fourth-order valence-corrected chi connectivity index (χ4v) is 3.67. The van der Waals surface area contributed by atoms with Gasteiger partial charge in [0.2, 0.25) is 0 Å². The number of hydrogen-bond acceptors (Lipinski definition) is 0. The van der Waals surface area contributed by atoms with Crippen LogP contribution in [0.1, 0.15) is 41.2 Å². The zero-order chi connectivity index (χ0) is 23.0. The molecule has 4 aromatic rings. The van der Waals surface area contributed by atoms with Crippen LogP contribution in [0.4, 0.5) is 0 Å². The summed E-state index contributed by atoms with van der Waals surface area (Å²) in [5, 5.41) is 2.67. The van der Waals surface area contributed by atoms with E-state index >= 15 is 0 Å². The summed E-state index contributed by atoms with van der Waals surface area (Å²) in [5.74, 6) is 0. The second kappa shape index (κ2) is 12.5. The van der Waals surface area contributed by atoms with Crippen molar-refractivity contribution in [3.63, 3.8) is 0 Å². The van der Waals surface area contributed by atoms with Crippen LogP contribution in [0, 0.1) is 27.7 Å². The van der Waals surface area contributed by atoms with Gasteiger partial charge in [-0.05, 0) is 12.0 Å². The van der Waals surface area contributed by atoms with Gasteiger partial charge in [0, 0.05) is 0 Å². The van der Waals surface area contributed by atoms with E-state index in [1.54, 1.807) is 23.3 Å². The van der Waals surface area contributed by atoms with Crippen molar-refractivity contribution in [2.24, 2.45) is 0 Å². The minimum absolute atomic E-state index is 0.210. The molecular formula is C29H36SiZr. The van der Waals surface area contributed by atoms with Crippen LogP contribution in [0.3, 0.4) is 0 Å². The fourth-order valence-electron chi connectivity index (χ4n) is 3.67. The molecule has 0 fully saturated rings. The Labute approximate surface area is 204 Å². The molecule has 0 bridgehead atoms. The molecule has 4 aromatic carbocycles. The third kappa shape index (κ3) is 7.55. The number of hydrogen-bond donors (Lipinski definition) is 0. The monoisotopic (exact) mass is 502 g/mol. The Kier molecular flexibility index (Phi) is 10.4. The summed E-state index contributed by atoms with van der Waals surface area (Å²) in [4.78, 5) is 0. The minimum Gasteiger partial charge on any atom is -0.196 e. The molecule has 0 aromatic heterocycles. The van der Waals surface area contributed by atoms with Crippen molar-refractivity contribution < 1.29 is 23.3 Å². The van der Waals surface area contributed by atoms with Crippen LogP contribution in [-0.4, -0.2) is 5.43 Å². The maximum Gasteiger partial charge on any atom is -0.0632 e. The van der Waals surface area contributed by atoms with Gasteiger partial charge in [0.15, 0.2) is 0 Å². The van der Waals surface area contributed by atoms with Gasteiger partial charge in [-0.15, -0.1) is 46.7 Å². The molecule has 0 saturated heterocycles. The quantitative estimate of drug-likeness (QED) is 0.194. The summed E-state index contributed by atoms with van der Waals surface area (Å²) in [7, 11) is 0. The van der Waals surface area contributed by atoms with Crippen molar-refractivity contribution >= 4 is 16.2 Å². The van der Waals surface area contributed by atoms with E-state index in [9.17, 15) is 0 Å². The number of rotatable bonds is 3. The van der Waals surface area contributed by atoms with Crippen molar-refractivity contribution in [3.05, 3.63) is 94.5 Å². The van der Waals surface area contributed by atoms with Gasteiger partial charge in [-0.3, -0.25) is 0 Å². The van der Waals surface area contributed by atoms with Crippen molar-refractivity contribution in [2.75, 3.05) is 0 Å². The molecule has 0 saturated carbocycles. The van der Waals surface area contributed by atoms with Crippen LogP contribution >= 0.6 is 0 Å². The first-order valence-electron chi connectivity index (χ1n) is 11.2. The van der Waals surface area contributed by atoms with Gasteiger partial charge < -0.3 is 0 Å². The van der Waals surface area contributed by atoms with Gasteiger partial charge in [-0.2, -0.15) is 28.3 Å². The molecule has 0 heterocycles. The zero-order valence-corrected chi connectivity index (χ0v) is 23.7. The van der Waals surface area contributed by atoms with Crippen LogP contribution in [0.25, 0.3) is 21.9 Å². The van der Waals surface area contributed by atoms with E-state index < -0.39 is 0 Å². The van der Waals surface area contributed by atoms with E-state index in [0.717, 1.165) is 0 Å². The normalized spacial score (nSPS) is 10.2. The fraction of sp³-hybridized carbons (Fsp3) is 0.310. The zero-order valence-electron chi connectivity index (χ0n) is 20.3. The van der Waals surface area contributed by atoms with Crippen molar-refractivity contribution in [1.29, 1.82) is 0 Å². The molecule has 0 aliphatic rings. The molecule has 160 valence electrons. The maximum atomic E-state index is 2.31. The van der Waals surface area contributed by atoms with E-state index in [1.807, 2.05) is 0 Å². The van der Waals surface area contributed by atoms with Gasteiger partial charge in [0.1, 0.15) is 0 Å². The van der Waals surface area contributed by atoms with E-state index in [1.165, 1.54) is 62.6 Å². The minimum atomic E-state index is 0.210. The van der Waals surface area contributed by atoms with Crippen molar-refractivity contribution in [3.8, 4) is 11.1 Å². The summed E-state index contributed by atoms with van der Waals surface area (Å²) in [6.07, 6.45) is 2.38. The van der Waals surface area contributed by atoms with Gasteiger partial charge in [0.05, 0.1) is 0 Å². The topological polar surface area (TPSA) is 0 Å². The standard InChI is InChI=1S/C18H17.C9H13.C2H6Si.Zr/c1-2-5-14-8-10-16(11-9-14)18-13-12-15-6-3-4-7-17(15)18;1-6-5-7(2)9(4)8(6)3;1-3-2;/h3-4,6-13H,2,5H2,1H3;5H,1-4H3;1-2H3;/q2*-1;;+2. The third-order valence-electron chi connectivity index (χ3n) is 5.66. The van der Waals surface area contributed by atoms with Gasteiger partial charge in [-0.1, -0.05) is 76.9 Å². The van der Waals surface area contributed by atoms with Crippen LogP contribution in [-0.2, 0) is 29.8 Å². The molecule has 0 spiro atoms. The molecular weight excluding hydrogens is 468 g/mol. The summed E-state index contributed by atoms with van der Waals surface area (Å²) in [6, 6.07) is 24.2. The summed E-state index contributed by atoms with van der Waals surface area (Å²) >= 11 is 1.74. The molecule has 0 amide bonds. The van der Waals surface area contributed by atoms with Gasteiger partial charge >= 0.3 is 41.9 Å². The second-order valence-corrected chi connectivity index (χ2v) is 17.9. The number of benzene rings is 2. The Morgan fingerprint density at radius 3 is 1.87 bits per heavy atom. The Balaban J connectivity index is 0.000000220. The molecule has 0 aliphatic carbocycles. The van der Waals surface area contributed by atoms with Crippen LogP contribution in [0.5, 0.6) is 0 Å². The molecule has 0 radical (unpaired) electrons. The molecule has 4 rings (SSSR count). The molecule has 0 N–H and O–H groups in total. The number of aryl methyl sites for hydroxylation is 3. The Morgan fingerprint density at radius 1 is 0.839 bits per heavy atom. The Hall–Kier alpha value is -1.50. The van der Waals surface area contributed by atoms with Crippen LogP contribution in [0.15, 0.2) is 66.7 Å². The largest absolute Gasteiger partial charge is 0.196 e. The summed E-state index contributed by atoms with van der Waals surface area (Å²) in [5.41, 5.74) is 10.0. The second-order valence-electron chi connectivity index (χ2n) is 8.54. The van der Waals surface area contributed by atoms with E-state index in [0.29, 0.717) is 0 Å². The summed E-state index contributed by atoms with van der Waals surface area (Å²) < 4.78 is 0. The van der Waals surface area contributed by atoms with Crippen molar-refractivity contribution in [2.45, 2.75) is 60.6 Å². The molecule has 0 aliphatic heterocycles. The molecule has 0 unspecified atom stereocenters. The van der Waals surface area contributed by atoms with E-state index in [4.69, 9.17) is 0 Å². The van der Waals surface area contributed by atoms with Crippen molar-refractivity contribution in [1.82, 2.24) is 0 Å². The Morgan fingerprint density at radius 2 is 1.39 bits per heavy atom. The molecule has 2 heteroatoms. The van der Waals surface area contributed by atoms with Crippen LogP contribution < -0.4 is 0 Å². The molecule has 0 atom stereocenters. The number of fused-ring (bicyclic) bond motifs is 1. The first-order valence-corrected chi connectivity index (χ1v) is 17.4. The Bertz CT molecular complexity index is 1080. The van der Waals surface area contributed by atoms with Crippen LogP contribution in [0.2, 0.25) is 13.1 Å². The SMILES string of the molecule is CCCc1ccc(-c2c[cH-]c3ccccc23)cc1.C[Si](C)=[Zr+2].Cc1[cH-]c(C)c(C)c1C. The molecule has 0 nitrogen and oxygen atoms in total. The maximum absolute atomic E-state index is 2.31. The predicted octanol–water partition coefficient (Wildman–Crippen LogP) is 8.60. The average Bonchev–Trinajstić information content (AvgIpc) is 3.26. The predicted molar refractivity (Wildman–Crippen MR) is 137 cm³/mol. The first-order chi connectivity index (χ1) is 14.7.